The van der Waals surface area contributed by atoms with Crippen molar-refractivity contribution in [3.05, 3.63) is 41.6 Å². The average Bonchev–Trinajstić information content (AvgIpc) is 2.72. The molecule has 1 aromatic carbocycles. The number of anilines is 1. The van der Waals surface area contributed by atoms with Crippen molar-refractivity contribution in [2.45, 2.75) is 18.5 Å². The molecular weight excluding hydrogens is 283 g/mol. The van der Waals surface area contributed by atoms with Crippen molar-refractivity contribution in [3.63, 3.8) is 0 Å². The minimum atomic E-state index is -3.82. The summed E-state index contributed by atoms with van der Waals surface area (Å²) in [4.78, 5) is 3.96. The van der Waals surface area contributed by atoms with E-state index in [1.165, 1.54) is 24.4 Å². The van der Waals surface area contributed by atoms with Crippen LogP contribution in [0.5, 0.6) is 0 Å². The van der Waals surface area contributed by atoms with Crippen molar-refractivity contribution in [2.24, 2.45) is 12.8 Å². The van der Waals surface area contributed by atoms with Crippen LogP contribution >= 0.6 is 0 Å². The van der Waals surface area contributed by atoms with Gasteiger partial charge in [0, 0.05) is 19.8 Å². The van der Waals surface area contributed by atoms with Crippen LogP contribution in [0.2, 0.25) is 0 Å². The lowest BCUT2D eigenvalue weighted by atomic mass is 10.2. The number of rotatable bonds is 4. The maximum atomic E-state index is 13.1. The fraction of sp³-hybridized carbons (Fsp3) is 0.250. The summed E-state index contributed by atoms with van der Waals surface area (Å²) in [5.74, 6) is 0.102. The smallest absolute Gasteiger partial charge is 0.280 e. The third kappa shape index (κ3) is 2.81. The van der Waals surface area contributed by atoms with Gasteiger partial charge in [0.1, 0.15) is 11.6 Å². The van der Waals surface area contributed by atoms with Gasteiger partial charge >= 0.3 is 0 Å². The van der Waals surface area contributed by atoms with Gasteiger partial charge in [-0.1, -0.05) is 0 Å². The number of imidazole rings is 1. The third-order valence-electron chi connectivity index (χ3n) is 2.89. The van der Waals surface area contributed by atoms with Gasteiger partial charge in [-0.25, -0.2) is 9.37 Å². The van der Waals surface area contributed by atoms with Crippen molar-refractivity contribution < 1.29 is 12.8 Å². The highest BCUT2D eigenvalue weighted by Crippen LogP contribution is 2.20. The standard InChI is InChI=1S/C12H15FN4O2S/c1-8-15-12(7-17(8)2)20(18,19)16-11-4-3-10(13)5-9(11)6-14/h3-5,7,16H,6,14H2,1-2H3. The minimum absolute atomic E-state index is 0.0247. The van der Waals surface area contributed by atoms with Crippen LogP contribution in [-0.4, -0.2) is 18.0 Å². The lowest BCUT2D eigenvalue weighted by Gasteiger charge is -2.10. The first-order valence-electron chi connectivity index (χ1n) is 5.85. The average molecular weight is 298 g/mol. The summed E-state index contributed by atoms with van der Waals surface area (Å²) in [5.41, 5.74) is 6.11. The Balaban J connectivity index is 2.38. The predicted molar refractivity (Wildman–Crippen MR) is 73.0 cm³/mol. The highest BCUT2D eigenvalue weighted by Gasteiger charge is 2.19. The highest BCUT2D eigenvalue weighted by atomic mass is 32.2. The Bertz CT molecular complexity index is 720. The Kier molecular flexibility index (Phi) is 3.78. The van der Waals surface area contributed by atoms with Crippen LogP contribution in [0.25, 0.3) is 0 Å². The maximum absolute atomic E-state index is 13.1. The quantitative estimate of drug-likeness (QED) is 0.885. The molecule has 8 heteroatoms. The van der Waals surface area contributed by atoms with Crippen LogP contribution in [-0.2, 0) is 23.6 Å². The van der Waals surface area contributed by atoms with E-state index >= 15 is 0 Å². The Hall–Kier alpha value is -1.93. The van der Waals surface area contributed by atoms with Gasteiger partial charge in [-0.05, 0) is 30.7 Å². The van der Waals surface area contributed by atoms with Gasteiger partial charge in [0.15, 0.2) is 5.03 Å². The molecule has 0 saturated heterocycles. The van der Waals surface area contributed by atoms with Crippen molar-refractivity contribution in [3.8, 4) is 0 Å². The van der Waals surface area contributed by atoms with Crippen molar-refractivity contribution in [1.82, 2.24) is 9.55 Å². The van der Waals surface area contributed by atoms with Crippen LogP contribution in [0, 0.1) is 12.7 Å². The van der Waals surface area contributed by atoms with Gasteiger partial charge in [0.2, 0.25) is 0 Å². The van der Waals surface area contributed by atoms with Crippen molar-refractivity contribution in [2.75, 3.05) is 4.72 Å². The topological polar surface area (TPSA) is 90.0 Å². The van der Waals surface area contributed by atoms with E-state index in [4.69, 9.17) is 5.73 Å². The molecule has 0 aliphatic carbocycles. The minimum Gasteiger partial charge on any atom is -0.337 e. The molecule has 0 aliphatic heterocycles. The summed E-state index contributed by atoms with van der Waals surface area (Å²) < 4.78 is 41.5. The lowest BCUT2D eigenvalue weighted by Crippen LogP contribution is -2.15. The summed E-state index contributed by atoms with van der Waals surface area (Å²) in [6.45, 7) is 1.72. The van der Waals surface area contributed by atoms with Crippen LogP contribution in [0.4, 0.5) is 10.1 Å². The molecule has 20 heavy (non-hydrogen) atoms. The van der Waals surface area contributed by atoms with E-state index in [9.17, 15) is 12.8 Å². The Morgan fingerprint density at radius 2 is 2.15 bits per heavy atom. The van der Waals surface area contributed by atoms with E-state index in [0.717, 1.165) is 0 Å². The van der Waals surface area contributed by atoms with Crippen LogP contribution in [0.3, 0.4) is 0 Å². The zero-order chi connectivity index (χ0) is 14.9. The first kappa shape index (κ1) is 14.5. The van der Waals surface area contributed by atoms with Gasteiger partial charge < -0.3 is 10.3 Å². The molecule has 1 heterocycles. The normalized spacial score (nSPS) is 11.6. The fourth-order valence-electron chi connectivity index (χ4n) is 1.68. The molecule has 6 nitrogen and oxygen atoms in total. The molecule has 2 aromatic rings. The number of benzene rings is 1. The molecule has 0 unspecified atom stereocenters. The summed E-state index contributed by atoms with van der Waals surface area (Å²) in [6.07, 6.45) is 1.41. The number of nitrogens with one attached hydrogen (secondary N) is 1. The molecule has 0 saturated carbocycles. The monoisotopic (exact) mass is 298 g/mol. The molecule has 3 N–H and O–H groups in total. The second kappa shape index (κ2) is 5.22. The Labute approximate surface area is 116 Å². The fourth-order valence-corrected chi connectivity index (χ4v) is 2.83. The largest absolute Gasteiger partial charge is 0.337 e. The van der Waals surface area contributed by atoms with Gasteiger partial charge in [0.05, 0.1) is 5.69 Å². The van der Waals surface area contributed by atoms with Gasteiger partial charge in [0.25, 0.3) is 10.0 Å². The number of nitrogens with zero attached hydrogens (tertiary/aromatic N) is 2. The second-order valence-corrected chi connectivity index (χ2v) is 5.98. The van der Waals surface area contributed by atoms with Crippen LogP contribution in [0.15, 0.2) is 29.4 Å². The first-order chi connectivity index (χ1) is 9.33. The summed E-state index contributed by atoms with van der Waals surface area (Å²) in [7, 11) is -2.12. The molecule has 0 aliphatic rings. The number of nitrogens with two attached hydrogens (primary N) is 1. The molecule has 0 radical (unpaired) electrons. The van der Waals surface area contributed by atoms with E-state index in [1.807, 2.05) is 0 Å². The SMILES string of the molecule is Cc1nc(S(=O)(=O)Nc2ccc(F)cc2CN)cn1C. The number of hydrogen-bond donors (Lipinski definition) is 2. The first-order valence-corrected chi connectivity index (χ1v) is 7.33. The molecular formula is C12H15FN4O2S. The second-order valence-electron chi connectivity index (χ2n) is 4.35. The predicted octanol–water partition coefficient (Wildman–Crippen LogP) is 1.13. The molecule has 0 bridgehead atoms. The van der Waals surface area contributed by atoms with E-state index in [1.54, 1.807) is 18.5 Å². The molecule has 1 aromatic heterocycles. The Morgan fingerprint density at radius 1 is 1.45 bits per heavy atom. The molecule has 0 atom stereocenters. The number of aryl methyl sites for hydroxylation is 2. The maximum Gasteiger partial charge on any atom is 0.280 e. The highest BCUT2D eigenvalue weighted by molar-refractivity contribution is 7.92. The third-order valence-corrected chi connectivity index (χ3v) is 4.13. The van der Waals surface area contributed by atoms with E-state index < -0.39 is 15.8 Å². The zero-order valence-corrected chi connectivity index (χ0v) is 11.9. The zero-order valence-electron chi connectivity index (χ0n) is 11.1. The summed E-state index contributed by atoms with van der Waals surface area (Å²) in [5, 5.41) is -0.0928. The van der Waals surface area contributed by atoms with Crippen LogP contribution < -0.4 is 10.5 Å². The van der Waals surface area contributed by atoms with E-state index in [2.05, 4.69) is 9.71 Å². The van der Waals surface area contributed by atoms with Crippen molar-refractivity contribution >= 4 is 15.7 Å². The Morgan fingerprint density at radius 3 is 2.70 bits per heavy atom. The van der Waals surface area contributed by atoms with Crippen molar-refractivity contribution in [1.29, 1.82) is 0 Å². The van der Waals surface area contributed by atoms with Gasteiger partial charge in [-0.3, -0.25) is 4.72 Å². The van der Waals surface area contributed by atoms with Gasteiger partial charge in [-0.15, -0.1) is 0 Å². The molecule has 2 rings (SSSR count). The van der Waals surface area contributed by atoms with Gasteiger partial charge in [-0.2, -0.15) is 8.42 Å². The van der Waals surface area contributed by atoms with Crippen LogP contribution in [0.1, 0.15) is 11.4 Å². The number of sulfonamides is 1. The number of aromatic nitrogens is 2. The molecule has 108 valence electrons. The molecule has 0 spiro atoms. The summed E-state index contributed by atoms with van der Waals surface area (Å²) >= 11 is 0. The number of halogens is 1. The lowest BCUT2D eigenvalue weighted by molar-refractivity contribution is 0.597. The molecule has 0 fully saturated rings. The molecule has 0 amide bonds. The van der Waals surface area contributed by atoms with E-state index in [0.29, 0.717) is 11.4 Å². The number of hydrogen-bond acceptors (Lipinski definition) is 4. The van der Waals surface area contributed by atoms with E-state index in [-0.39, 0.29) is 17.3 Å². The summed E-state index contributed by atoms with van der Waals surface area (Å²) in [6, 6.07) is 3.70.